The Morgan fingerprint density at radius 2 is 2.07 bits per heavy atom. The van der Waals surface area contributed by atoms with Gasteiger partial charge in [-0.25, -0.2) is 0 Å². The molecule has 0 spiro atoms. The lowest BCUT2D eigenvalue weighted by molar-refractivity contribution is -0.136. The number of carboxylic acid groups (broad SMARTS) is 1. The Morgan fingerprint density at radius 1 is 1.23 bits per heavy atom. The minimum atomic E-state index is -0.916. The SMILES string of the molecule is COCCC1Cc2cc(CC(=O)NCCC(=O)O)ccc2NC1c1cccc(C)c1. The molecule has 0 radical (unpaired) electrons. The summed E-state index contributed by atoms with van der Waals surface area (Å²) >= 11 is 0. The van der Waals surface area contributed by atoms with Gasteiger partial charge in [-0.3, -0.25) is 9.59 Å². The van der Waals surface area contributed by atoms with Crippen LogP contribution in [0.3, 0.4) is 0 Å². The molecule has 0 fully saturated rings. The summed E-state index contributed by atoms with van der Waals surface area (Å²) in [5, 5.41) is 15.1. The number of hydrogen-bond acceptors (Lipinski definition) is 4. The number of rotatable bonds is 9. The van der Waals surface area contributed by atoms with Gasteiger partial charge in [0.25, 0.3) is 0 Å². The monoisotopic (exact) mass is 410 g/mol. The molecule has 1 heterocycles. The molecular formula is C24H30N2O4. The molecule has 2 atom stereocenters. The zero-order valence-electron chi connectivity index (χ0n) is 17.6. The Labute approximate surface area is 177 Å². The van der Waals surface area contributed by atoms with E-state index in [-0.39, 0.29) is 31.3 Å². The summed E-state index contributed by atoms with van der Waals surface area (Å²) in [5.41, 5.74) is 5.77. The smallest absolute Gasteiger partial charge is 0.305 e. The largest absolute Gasteiger partial charge is 0.481 e. The van der Waals surface area contributed by atoms with Gasteiger partial charge in [0.05, 0.1) is 18.9 Å². The molecule has 1 amide bonds. The van der Waals surface area contributed by atoms with Gasteiger partial charge in [0.2, 0.25) is 5.91 Å². The van der Waals surface area contributed by atoms with Crippen molar-refractivity contribution < 1.29 is 19.4 Å². The van der Waals surface area contributed by atoms with Crippen LogP contribution < -0.4 is 10.6 Å². The van der Waals surface area contributed by atoms with E-state index >= 15 is 0 Å². The van der Waals surface area contributed by atoms with Gasteiger partial charge in [0, 0.05) is 25.9 Å². The molecular weight excluding hydrogens is 380 g/mol. The van der Waals surface area contributed by atoms with Gasteiger partial charge in [0.15, 0.2) is 0 Å². The van der Waals surface area contributed by atoms with Gasteiger partial charge in [-0.2, -0.15) is 0 Å². The Hall–Kier alpha value is -2.86. The van der Waals surface area contributed by atoms with Crippen molar-refractivity contribution in [2.24, 2.45) is 5.92 Å². The number of carbonyl (C=O) groups is 2. The average molecular weight is 411 g/mol. The van der Waals surface area contributed by atoms with Gasteiger partial charge >= 0.3 is 5.97 Å². The maximum absolute atomic E-state index is 12.1. The van der Waals surface area contributed by atoms with E-state index in [4.69, 9.17) is 9.84 Å². The number of benzene rings is 2. The summed E-state index contributed by atoms with van der Waals surface area (Å²) in [6.45, 7) is 2.96. The lowest BCUT2D eigenvalue weighted by Crippen LogP contribution is -2.30. The van der Waals surface area contributed by atoms with Crippen molar-refractivity contribution >= 4 is 17.6 Å². The maximum Gasteiger partial charge on any atom is 0.305 e. The van der Waals surface area contributed by atoms with E-state index in [1.165, 1.54) is 16.7 Å². The van der Waals surface area contributed by atoms with Crippen molar-refractivity contribution in [3.8, 4) is 0 Å². The van der Waals surface area contributed by atoms with Crippen LogP contribution in [0.5, 0.6) is 0 Å². The van der Waals surface area contributed by atoms with Gasteiger partial charge in [-0.15, -0.1) is 0 Å². The molecule has 0 aliphatic carbocycles. The van der Waals surface area contributed by atoms with Crippen LogP contribution in [0, 0.1) is 12.8 Å². The fraction of sp³-hybridized carbons (Fsp3) is 0.417. The first-order chi connectivity index (χ1) is 14.5. The van der Waals surface area contributed by atoms with Gasteiger partial charge in [-0.05, 0) is 48.4 Å². The van der Waals surface area contributed by atoms with E-state index in [9.17, 15) is 9.59 Å². The number of ether oxygens (including phenoxy) is 1. The predicted octanol–water partition coefficient (Wildman–Crippen LogP) is 3.49. The predicted molar refractivity (Wildman–Crippen MR) is 117 cm³/mol. The fourth-order valence-electron chi connectivity index (χ4n) is 4.07. The molecule has 0 saturated carbocycles. The second-order valence-corrected chi connectivity index (χ2v) is 7.94. The molecule has 2 aromatic carbocycles. The van der Waals surface area contributed by atoms with Crippen LogP contribution in [0.1, 0.15) is 41.1 Å². The molecule has 30 heavy (non-hydrogen) atoms. The molecule has 2 aromatic rings. The van der Waals surface area contributed by atoms with Crippen molar-refractivity contribution in [3.05, 3.63) is 64.7 Å². The first kappa shape index (κ1) is 21.8. The summed E-state index contributed by atoms with van der Waals surface area (Å²) < 4.78 is 5.35. The van der Waals surface area contributed by atoms with E-state index < -0.39 is 5.97 Å². The third kappa shape index (κ3) is 5.83. The van der Waals surface area contributed by atoms with Crippen LogP contribution >= 0.6 is 0 Å². The van der Waals surface area contributed by atoms with Crippen molar-refractivity contribution in [2.75, 3.05) is 25.6 Å². The first-order valence-corrected chi connectivity index (χ1v) is 10.4. The molecule has 1 aliphatic rings. The number of hydrogen-bond donors (Lipinski definition) is 3. The van der Waals surface area contributed by atoms with Crippen LogP contribution in [-0.4, -0.2) is 37.2 Å². The Balaban J connectivity index is 1.74. The number of methoxy groups -OCH3 is 1. The summed E-state index contributed by atoms with van der Waals surface area (Å²) in [6, 6.07) is 14.9. The second-order valence-electron chi connectivity index (χ2n) is 7.94. The number of aryl methyl sites for hydroxylation is 1. The van der Waals surface area contributed by atoms with E-state index in [1.54, 1.807) is 7.11 Å². The first-order valence-electron chi connectivity index (χ1n) is 10.4. The molecule has 3 rings (SSSR count). The topological polar surface area (TPSA) is 87.7 Å². The summed E-state index contributed by atoms with van der Waals surface area (Å²) in [5.74, 6) is -0.687. The zero-order chi connectivity index (χ0) is 21.5. The second kappa shape index (κ2) is 10.3. The van der Waals surface area contributed by atoms with Crippen LogP contribution in [0.25, 0.3) is 0 Å². The third-order valence-electron chi connectivity index (χ3n) is 5.55. The van der Waals surface area contributed by atoms with Gasteiger partial charge in [-0.1, -0.05) is 42.0 Å². The Bertz CT molecular complexity index is 897. The molecule has 2 unspecified atom stereocenters. The van der Waals surface area contributed by atoms with Crippen LogP contribution in [0.4, 0.5) is 5.69 Å². The molecule has 6 heteroatoms. The van der Waals surface area contributed by atoms with E-state index in [1.807, 2.05) is 12.1 Å². The Morgan fingerprint density at radius 3 is 2.80 bits per heavy atom. The lowest BCUT2D eigenvalue weighted by Gasteiger charge is -2.35. The molecule has 3 N–H and O–H groups in total. The van der Waals surface area contributed by atoms with Crippen molar-refractivity contribution in [2.45, 2.75) is 38.6 Å². The van der Waals surface area contributed by atoms with Crippen LogP contribution in [0.15, 0.2) is 42.5 Å². The highest BCUT2D eigenvalue weighted by atomic mass is 16.5. The van der Waals surface area contributed by atoms with Gasteiger partial charge in [0.1, 0.15) is 0 Å². The van der Waals surface area contributed by atoms with E-state index in [0.29, 0.717) is 12.5 Å². The number of amides is 1. The number of nitrogens with one attached hydrogen (secondary N) is 2. The lowest BCUT2D eigenvalue weighted by atomic mass is 9.81. The number of anilines is 1. The van der Waals surface area contributed by atoms with E-state index in [0.717, 1.165) is 24.1 Å². The summed E-state index contributed by atoms with van der Waals surface area (Å²) in [4.78, 5) is 22.7. The summed E-state index contributed by atoms with van der Waals surface area (Å²) in [6.07, 6.45) is 2.04. The minimum Gasteiger partial charge on any atom is -0.481 e. The zero-order valence-corrected chi connectivity index (χ0v) is 17.6. The fourth-order valence-corrected chi connectivity index (χ4v) is 4.07. The molecule has 0 bridgehead atoms. The molecule has 1 aliphatic heterocycles. The molecule has 0 aromatic heterocycles. The highest BCUT2D eigenvalue weighted by Crippen LogP contribution is 2.39. The van der Waals surface area contributed by atoms with Crippen molar-refractivity contribution in [1.82, 2.24) is 5.32 Å². The van der Waals surface area contributed by atoms with Crippen molar-refractivity contribution in [3.63, 3.8) is 0 Å². The number of carboxylic acids is 1. The maximum atomic E-state index is 12.1. The number of aliphatic carboxylic acids is 1. The molecule has 6 nitrogen and oxygen atoms in total. The highest BCUT2D eigenvalue weighted by Gasteiger charge is 2.29. The van der Waals surface area contributed by atoms with Crippen LogP contribution in [0.2, 0.25) is 0 Å². The average Bonchev–Trinajstić information content (AvgIpc) is 2.71. The summed E-state index contributed by atoms with van der Waals surface area (Å²) in [7, 11) is 1.73. The van der Waals surface area contributed by atoms with E-state index in [2.05, 4.69) is 47.9 Å². The molecule has 0 saturated heterocycles. The standard InChI is InChI=1S/C24H30N2O4/c1-16-4-3-5-18(12-16)24-19(9-11-30-2)15-20-13-17(6-7-21(20)26-24)14-22(27)25-10-8-23(28)29/h3-7,12-13,19,24,26H,8-11,14-15H2,1-2H3,(H,25,27)(H,28,29). The number of carbonyl (C=O) groups excluding carboxylic acids is 1. The highest BCUT2D eigenvalue weighted by molar-refractivity contribution is 5.79. The van der Waals surface area contributed by atoms with Gasteiger partial charge < -0.3 is 20.5 Å². The third-order valence-corrected chi connectivity index (χ3v) is 5.55. The molecule has 160 valence electrons. The quantitative estimate of drug-likeness (QED) is 0.589. The Kier molecular flexibility index (Phi) is 7.46. The minimum absolute atomic E-state index is 0.0681. The van der Waals surface area contributed by atoms with Crippen LogP contribution in [-0.2, 0) is 27.2 Å². The normalized spacial score (nSPS) is 17.7. The van der Waals surface area contributed by atoms with Crippen molar-refractivity contribution in [1.29, 1.82) is 0 Å². The number of fused-ring (bicyclic) bond motifs is 1.